The molecule has 2 atom stereocenters. The molecule has 0 N–H and O–H groups in total. The van der Waals surface area contributed by atoms with E-state index in [0.29, 0.717) is 5.41 Å². The highest BCUT2D eigenvalue weighted by molar-refractivity contribution is 4.86. The minimum Gasteiger partial charge on any atom is -0.0625 e. The zero-order valence-corrected chi connectivity index (χ0v) is 10.7. The third-order valence-corrected chi connectivity index (χ3v) is 5.24. The molecule has 0 spiro atoms. The Balaban J connectivity index is 1.97. The van der Waals surface area contributed by atoms with E-state index in [1.807, 2.05) is 0 Å². The molecule has 2 saturated carbocycles. The molecule has 0 saturated heterocycles. The predicted molar refractivity (Wildman–Crippen MR) is 66.9 cm³/mol. The second-order valence-electron chi connectivity index (χ2n) is 6.53. The molecule has 2 aliphatic carbocycles. The van der Waals surface area contributed by atoms with E-state index < -0.39 is 0 Å². The van der Waals surface area contributed by atoms with Crippen LogP contribution >= 0.6 is 0 Å². The van der Waals surface area contributed by atoms with Crippen molar-refractivity contribution in [3.63, 3.8) is 0 Å². The first-order chi connectivity index (χ1) is 7.21. The summed E-state index contributed by atoms with van der Waals surface area (Å²) in [4.78, 5) is 0. The fourth-order valence-corrected chi connectivity index (χ4v) is 3.91. The lowest BCUT2D eigenvalue weighted by atomic mass is 9.66. The van der Waals surface area contributed by atoms with Gasteiger partial charge < -0.3 is 0 Å². The second kappa shape index (κ2) is 4.89. The van der Waals surface area contributed by atoms with Gasteiger partial charge in [-0.15, -0.1) is 0 Å². The van der Waals surface area contributed by atoms with Gasteiger partial charge in [-0.2, -0.15) is 0 Å². The van der Waals surface area contributed by atoms with Gasteiger partial charge in [0.2, 0.25) is 0 Å². The molecule has 0 aromatic carbocycles. The smallest absolute Gasteiger partial charge is 0.0297 e. The topological polar surface area (TPSA) is 0 Å². The Morgan fingerprint density at radius 1 is 0.800 bits per heavy atom. The minimum atomic E-state index is 0.713. The molecular formula is C15H28. The first-order valence-electron chi connectivity index (χ1n) is 7.21. The average Bonchev–Trinajstić information content (AvgIpc) is 2.44. The molecule has 88 valence electrons. The number of hydrogen-bond donors (Lipinski definition) is 0. The lowest BCUT2D eigenvalue weighted by Crippen LogP contribution is -2.28. The van der Waals surface area contributed by atoms with Gasteiger partial charge in [-0.25, -0.2) is 0 Å². The van der Waals surface area contributed by atoms with Crippen LogP contribution in [0.4, 0.5) is 0 Å². The van der Waals surface area contributed by atoms with Gasteiger partial charge in [-0.05, 0) is 42.9 Å². The van der Waals surface area contributed by atoms with E-state index in [1.165, 1.54) is 64.2 Å². The van der Waals surface area contributed by atoms with Crippen LogP contribution in [-0.2, 0) is 0 Å². The monoisotopic (exact) mass is 208 g/mol. The molecule has 0 heterocycles. The van der Waals surface area contributed by atoms with Gasteiger partial charge in [0, 0.05) is 0 Å². The van der Waals surface area contributed by atoms with Gasteiger partial charge in [-0.3, -0.25) is 0 Å². The Hall–Kier alpha value is 0. The fraction of sp³-hybridized carbons (Fsp3) is 1.00. The molecule has 2 fully saturated rings. The van der Waals surface area contributed by atoms with Crippen LogP contribution in [0.1, 0.15) is 78.1 Å². The molecule has 0 heteroatoms. The van der Waals surface area contributed by atoms with Crippen LogP contribution < -0.4 is 0 Å². The molecule has 0 aromatic heterocycles. The zero-order chi connectivity index (χ0) is 10.7. The van der Waals surface area contributed by atoms with Crippen molar-refractivity contribution in [2.45, 2.75) is 78.1 Å². The van der Waals surface area contributed by atoms with Crippen molar-refractivity contribution in [1.29, 1.82) is 0 Å². The Kier molecular flexibility index (Phi) is 3.74. The van der Waals surface area contributed by atoms with E-state index in [0.717, 1.165) is 11.8 Å². The van der Waals surface area contributed by atoms with E-state index in [-0.39, 0.29) is 0 Å². The summed E-state index contributed by atoms with van der Waals surface area (Å²) in [5.74, 6) is 2.06. The normalized spacial score (nSPS) is 40.0. The molecular weight excluding hydrogens is 180 g/mol. The highest BCUT2D eigenvalue weighted by atomic mass is 14.4. The maximum Gasteiger partial charge on any atom is -0.0297 e. The van der Waals surface area contributed by atoms with Gasteiger partial charge in [-0.1, -0.05) is 52.4 Å². The van der Waals surface area contributed by atoms with E-state index in [9.17, 15) is 0 Å². The number of rotatable bonds is 1. The molecule has 2 unspecified atom stereocenters. The third kappa shape index (κ3) is 2.77. The van der Waals surface area contributed by atoms with Crippen LogP contribution in [0.3, 0.4) is 0 Å². The van der Waals surface area contributed by atoms with Crippen molar-refractivity contribution in [3.8, 4) is 0 Å². The lowest BCUT2D eigenvalue weighted by molar-refractivity contribution is 0.115. The molecule has 2 rings (SSSR count). The first kappa shape index (κ1) is 11.5. The van der Waals surface area contributed by atoms with Gasteiger partial charge in [0.1, 0.15) is 0 Å². The largest absolute Gasteiger partial charge is 0.0625 e. The molecule has 0 bridgehead atoms. The van der Waals surface area contributed by atoms with Crippen LogP contribution in [0.5, 0.6) is 0 Å². The summed E-state index contributed by atoms with van der Waals surface area (Å²) in [6.45, 7) is 5.05. The molecule has 2 aliphatic rings. The van der Waals surface area contributed by atoms with Gasteiger partial charge in [0.15, 0.2) is 0 Å². The summed E-state index contributed by atoms with van der Waals surface area (Å²) in [7, 11) is 0. The zero-order valence-electron chi connectivity index (χ0n) is 10.7. The van der Waals surface area contributed by atoms with Gasteiger partial charge >= 0.3 is 0 Å². The molecule has 0 nitrogen and oxygen atoms in total. The van der Waals surface area contributed by atoms with Crippen molar-refractivity contribution >= 4 is 0 Å². The van der Waals surface area contributed by atoms with E-state index in [4.69, 9.17) is 0 Å². The predicted octanol–water partition coefficient (Wildman–Crippen LogP) is 5.17. The Morgan fingerprint density at radius 3 is 2.27 bits per heavy atom. The SMILES string of the molecule is CC1CCCC(C)(C2CCCCC2)CC1. The van der Waals surface area contributed by atoms with E-state index >= 15 is 0 Å². The quantitative estimate of drug-likeness (QED) is 0.521. The lowest BCUT2D eigenvalue weighted by Gasteiger charge is -2.39. The summed E-state index contributed by atoms with van der Waals surface area (Å²) < 4.78 is 0. The highest BCUT2D eigenvalue weighted by Gasteiger charge is 2.35. The Labute approximate surface area is 95.8 Å². The van der Waals surface area contributed by atoms with Gasteiger partial charge in [0.25, 0.3) is 0 Å². The minimum absolute atomic E-state index is 0.713. The van der Waals surface area contributed by atoms with E-state index in [2.05, 4.69) is 13.8 Å². The summed E-state index contributed by atoms with van der Waals surface area (Å²) in [6, 6.07) is 0. The Bertz CT molecular complexity index is 190. The molecule has 0 amide bonds. The van der Waals surface area contributed by atoms with Crippen LogP contribution in [0.2, 0.25) is 0 Å². The number of hydrogen-bond acceptors (Lipinski definition) is 0. The van der Waals surface area contributed by atoms with Crippen LogP contribution in [-0.4, -0.2) is 0 Å². The van der Waals surface area contributed by atoms with Gasteiger partial charge in [0.05, 0.1) is 0 Å². The van der Waals surface area contributed by atoms with Crippen molar-refractivity contribution in [3.05, 3.63) is 0 Å². The van der Waals surface area contributed by atoms with Crippen LogP contribution in [0.15, 0.2) is 0 Å². The maximum absolute atomic E-state index is 2.60. The standard InChI is InChI=1S/C15H28/c1-13-7-6-11-15(2,12-10-13)14-8-4-3-5-9-14/h13-14H,3-12H2,1-2H3. The second-order valence-corrected chi connectivity index (χ2v) is 6.53. The summed E-state index contributed by atoms with van der Waals surface area (Å²) in [5.41, 5.74) is 0.713. The Morgan fingerprint density at radius 2 is 1.53 bits per heavy atom. The summed E-state index contributed by atoms with van der Waals surface area (Å²) in [5, 5.41) is 0. The molecule has 0 radical (unpaired) electrons. The molecule has 0 aromatic rings. The van der Waals surface area contributed by atoms with Crippen molar-refractivity contribution < 1.29 is 0 Å². The fourth-order valence-electron chi connectivity index (χ4n) is 3.91. The van der Waals surface area contributed by atoms with E-state index in [1.54, 1.807) is 0 Å². The molecule has 0 aliphatic heterocycles. The average molecular weight is 208 g/mol. The van der Waals surface area contributed by atoms with Crippen molar-refractivity contribution in [2.75, 3.05) is 0 Å². The third-order valence-electron chi connectivity index (χ3n) is 5.24. The first-order valence-corrected chi connectivity index (χ1v) is 7.21. The highest BCUT2D eigenvalue weighted by Crippen LogP contribution is 2.47. The molecule has 15 heavy (non-hydrogen) atoms. The van der Waals surface area contributed by atoms with Crippen LogP contribution in [0.25, 0.3) is 0 Å². The van der Waals surface area contributed by atoms with Crippen LogP contribution in [0, 0.1) is 17.3 Å². The maximum atomic E-state index is 2.60. The summed E-state index contributed by atoms with van der Waals surface area (Å²) >= 11 is 0. The summed E-state index contributed by atoms with van der Waals surface area (Å²) in [6.07, 6.45) is 15.1. The van der Waals surface area contributed by atoms with Crippen molar-refractivity contribution in [2.24, 2.45) is 17.3 Å². The van der Waals surface area contributed by atoms with Crippen molar-refractivity contribution in [1.82, 2.24) is 0 Å².